The van der Waals surface area contributed by atoms with E-state index in [9.17, 15) is 0 Å². The Morgan fingerprint density at radius 2 is 1.89 bits per heavy atom. The van der Waals surface area contributed by atoms with E-state index < -0.39 is 0 Å². The largest absolute Gasteiger partial charge is 0.357 e. The van der Waals surface area contributed by atoms with Gasteiger partial charge in [0.15, 0.2) is 11.8 Å². The average Bonchev–Trinajstić information content (AvgIpc) is 3.01. The normalized spacial score (nSPS) is 15.9. The SMILES string of the molecule is CCNC(=NCc1nnc(C)n1C)NC1CCN(Cc2ccccc2)CC1.I. The minimum atomic E-state index is 0. The second-order valence-electron chi connectivity index (χ2n) is 7.10. The van der Waals surface area contributed by atoms with E-state index >= 15 is 0 Å². The zero-order chi connectivity index (χ0) is 19.1. The molecule has 2 N–H and O–H groups in total. The number of likely N-dealkylation sites (tertiary alicyclic amines) is 1. The topological polar surface area (TPSA) is 70.4 Å². The summed E-state index contributed by atoms with van der Waals surface area (Å²) in [4.78, 5) is 7.22. The monoisotopic (exact) mass is 497 g/mol. The van der Waals surface area contributed by atoms with Crippen LogP contribution in [-0.2, 0) is 20.1 Å². The van der Waals surface area contributed by atoms with Crippen molar-refractivity contribution in [1.82, 2.24) is 30.3 Å². The standard InChI is InChI=1S/C20H31N7.HI/c1-4-21-20(22-14-19-25-24-16(2)26(19)3)23-18-10-12-27(13-11-18)15-17-8-6-5-7-9-17;/h5-9,18H,4,10-15H2,1-3H3,(H2,21,22,23);1H. The smallest absolute Gasteiger partial charge is 0.191 e. The van der Waals surface area contributed by atoms with E-state index in [0.29, 0.717) is 12.6 Å². The first-order valence-electron chi connectivity index (χ1n) is 9.81. The molecule has 0 saturated carbocycles. The summed E-state index contributed by atoms with van der Waals surface area (Å²) in [6.07, 6.45) is 2.25. The quantitative estimate of drug-likeness (QED) is 0.365. The van der Waals surface area contributed by atoms with Crippen molar-refractivity contribution in [2.24, 2.45) is 12.0 Å². The van der Waals surface area contributed by atoms with Gasteiger partial charge < -0.3 is 15.2 Å². The van der Waals surface area contributed by atoms with Gasteiger partial charge in [-0.15, -0.1) is 34.2 Å². The van der Waals surface area contributed by atoms with Crippen LogP contribution in [0.5, 0.6) is 0 Å². The molecule has 154 valence electrons. The number of hydrogen-bond donors (Lipinski definition) is 2. The minimum Gasteiger partial charge on any atom is -0.357 e. The number of aromatic nitrogens is 3. The summed E-state index contributed by atoms with van der Waals surface area (Å²) in [5, 5.41) is 15.2. The highest BCUT2D eigenvalue weighted by Gasteiger charge is 2.20. The molecule has 0 aliphatic carbocycles. The second-order valence-corrected chi connectivity index (χ2v) is 7.10. The number of aliphatic imine (C=N–C) groups is 1. The van der Waals surface area contributed by atoms with Crippen LogP contribution in [0.25, 0.3) is 0 Å². The molecule has 0 radical (unpaired) electrons. The summed E-state index contributed by atoms with van der Waals surface area (Å²) in [5.74, 6) is 2.64. The number of halogens is 1. The molecule has 2 aromatic rings. The van der Waals surface area contributed by atoms with Gasteiger partial charge in [-0.1, -0.05) is 30.3 Å². The van der Waals surface area contributed by atoms with Gasteiger partial charge in [-0.2, -0.15) is 0 Å². The lowest BCUT2D eigenvalue weighted by molar-refractivity contribution is 0.198. The Balaban J connectivity index is 0.00000280. The molecule has 3 rings (SSSR count). The van der Waals surface area contributed by atoms with Gasteiger partial charge in [-0.05, 0) is 32.3 Å². The third-order valence-corrected chi connectivity index (χ3v) is 5.08. The Morgan fingerprint density at radius 3 is 2.50 bits per heavy atom. The number of aryl methyl sites for hydroxylation is 1. The first kappa shape index (κ1) is 22.6. The summed E-state index contributed by atoms with van der Waals surface area (Å²) in [6.45, 7) is 8.66. The Kier molecular flexibility index (Phi) is 9.17. The maximum Gasteiger partial charge on any atom is 0.191 e. The lowest BCUT2D eigenvalue weighted by Gasteiger charge is -2.33. The Morgan fingerprint density at radius 1 is 1.18 bits per heavy atom. The highest BCUT2D eigenvalue weighted by molar-refractivity contribution is 14.0. The molecule has 0 spiro atoms. The van der Waals surface area contributed by atoms with Crippen molar-refractivity contribution >= 4 is 29.9 Å². The molecule has 7 nitrogen and oxygen atoms in total. The van der Waals surface area contributed by atoms with Crippen LogP contribution in [-0.4, -0.2) is 51.3 Å². The Labute approximate surface area is 185 Å². The number of piperidine rings is 1. The molecular formula is C20H32IN7. The van der Waals surface area contributed by atoms with Gasteiger partial charge in [0.25, 0.3) is 0 Å². The third kappa shape index (κ3) is 6.44. The second kappa shape index (κ2) is 11.4. The maximum atomic E-state index is 4.70. The molecule has 0 unspecified atom stereocenters. The van der Waals surface area contributed by atoms with E-state index in [1.165, 1.54) is 5.56 Å². The van der Waals surface area contributed by atoms with Crippen LogP contribution in [0.2, 0.25) is 0 Å². The van der Waals surface area contributed by atoms with E-state index in [4.69, 9.17) is 4.99 Å². The molecule has 1 aliphatic rings. The van der Waals surface area contributed by atoms with Crippen molar-refractivity contribution in [3.63, 3.8) is 0 Å². The number of benzene rings is 1. The molecule has 2 heterocycles. The molecule has 1 saturated heterocycles. The molecule has 1 aromatic heterocycles. The number of hydrogen-bond acceptors (Lipinski definition) is 4. The molecule has 0 bridgehead atoms. The number of rotatable bonds is 6. The first-order valence-corrected chi connectivity index (χ1v) is 9.81. The maximum absolute atomic E-state index is 4.70. The zero-order valence-corrected chi connectivity index (χ0v) is 19.4. The minimum absolute atomic E-state index is 0. The predicted octanol–water partition coefficient (Wildman–Crippen LogP) is 2.46. The summed E-state index contributed by atoms with van der Waals surface area (Å²) < 4.78 is 1.98. The Bertz CT molecular complexity index is 736. The van der Waals surface area contributed by atoms with E-state index in [1.54, 1.807) is 0 Å². The molecule has 8 heteroatoms. The first-order chi connectivity index (χ1) is 13.2. The van der Waals surface area contributed by atoms with Crippen molar-refractivity contribution < 1.29 is 0 Å². The van der Waals surface area contributed by atoms with E-state index in [0.717, 1.165) is 56.6 Å². The van der Waals surface area contributed by atoms with Crippen molar-refractivity contribution in [2.45, 2.75) is 45.8 Å². The highest BCUT2D eigenvalue weighted by atomic mass is 127. The molecule has 1 fully saturated rings. The fraction of sp³-hybridized carbons (Fsp3) is 0.550. The van der Waals surface area contributed by atoms with Crippen LogP contribution >= 0.6 is 24.0 Å². The molecule has 1 aromatic carbocycles. The van der Waals surface area contributed by atoms with Gasteiger partial charge in [-0.3, -0.25) is 4.90 Å². The van der Waals surface area contributed by atoms with Crippen molar-refractivity contribution in [1.29, 1.82) is 0 Å². The lowest BCUT2D eigenvalue weighted by Crippen LogP contribution is -2.48. The zero-order valence-electron chi connectivity index (χ0n) is 17.1. The summed E-state index contributed by atoms with van der Waals surface area (Å²) >= 11 is 0. The lowest BCUT2D eigenvalue weighted by atomic mass is 10.0. The number of guanidine groups is 1. The van der Waals surface area contributed by atoms with E-state index in [1.807, 2.05) is 18.5 Å². The summed E-state index contributed by atoms with van der Waals surface area (Å²) in [6, 6.07) is 11.2. The average molecular weight is 497 g/mol. The molecule has 1 aliphatic heterocycles. The predicted molar refractivity (Wildman–Crippen MR) is 124 cm³/mol. The van der Waals surface area contributed by atoms with Gasteiger partial charge in [0.1, 0.15) is 12.4 Å². The van der Waals surface area contributed by atoms with Crippen LogP contribution in [0.1, 0.15) is 37.0 Å². The summed E-state index contributed by atoms with van der Waals surface area (Å²) in [7, 11) is 1.98. The molecular weight excluding hydrogens is 465 g/mol. The fourth-order valence-electron chi connectivity index (χ4n) is 3.33. The molecule has 0 amide bonds. The number of nitrogens with one attached hydrogen (secondary N) is 2. The van der Waals surface area contributed by atoms with E-state index in [-0.39, 0.29) is 24.0 Å². The van der Waals surface area contributed by atoms with Crippen LogP contribution < -0.4 is 10.6 Å². The summed E-state index contributed by atoms with van der Waals surface area (Å²) in [5.41, 5.74) is 1.39. The van der Waals surface area contributed by atoms with Crippen molar-refractivity contribution in [3.8, 4) is 0 Å². The Hall–Kier alpha value is -1.68. The van der Waals surface area contributed by atoms with E-state index in [2.05, 4.69) is 63.0 Å². The third-order valence-electron chi connectivity index (χ3n) is 5.08. The van der Waals surface area contributed by atoms with Crippen LogP contribution in [0, 0.1) is 6.92 Å². The van der Waals surface area contributed by atoms with Crippen molar-refractivity contribution in [3.05, 3.63) is 47.5 Å². The van der Waals surface area contributed by atoms with Crippen LogP contribution in [0.4, 0.5) is 0 Å². The highest BCUT2D eigenvalue weighted by Crippen LogP contribution is 2.14. The molecule has 0 atom stereocenters. The van der Waals surface area contributed by atoms with Gasteiger partial charge >= 0.3 is 0 Å². The van der Waals surface area contributed by atoms with Crippen molar-refractivity contribution in [2.75, 3.05) is 19.6 Å². The molecule has 28 heavy (non-hydrogen) atoms. The van der Waals surface area contributed by atoms with Crippen LogP contribution in [0.15, 0.2) is 35.3 Å². The van der Waals surface area contributed by atoms with Gasteiger partial charge in [0.2, 0.25) is 0 Å². The van der Waals surface area contributed by atoms with Gasteiger partial charge in [0, 0.05) is 39.3 Å². The number of nitrogens with zero attached hydrogens (tertiary/aromatic N) is 5. The fourth-order valence-corrected chi connectivity index (χ4v) is 3.33. The van der Waals surface area contributed by atoms with Gasteiger partial charge in [0.05, 0.1) is 0 Å². The van der Waals surface area contributed by atoms with Crippen LogP contribution in [0.3, 0.4) is 0 Å². The van der Waals surface area contributed by atoms with Gasteiger partial charge in [-0.25, -0.2) is 4.99 Å².